The van der Waals surface area contributed by atoms with E-state index in [2.05, 4.69) is 29.2 Å². The molecule has 0 aliphatic rings. The van der Waals surface area contributed by atoms with Gasteiger partial charge in [-0.25, -0.2) is 9.67 Å². The van der Waals surface area contributed by atoms with E-state index in [4.69, 9.17) is 23.2 Å². The highest BCUT2D eigenvalue weighted by atomic mass is 35.5. The van der Waals surface area contributed by atoms with Crippen LogP contribution >= 0.6 is 23.2 Å². The fourth-order valence-electron chi connectivity index (χ4n) is 2.96. The van der Waals surface area contributed by atoms with Gasteiger partial charge in [0.25, 0.3) is 5.91 Å². The lowest BCUT2D eigenvalue weighted by Gasteiger charge is -2.10. The molecule has 0 aliphatic heterocycles. The first kappa shape index (κ1) is 19.6. The number of amides is 1. The standard InChI is InChI=1S/C20H22Cl2N4O/c1-12(2)26-19-15(11-24-26)10-16(13(3)25-19)20(27)23-8-4-5-14-6-7-17(21)18(22)9-14/h6-7,9-12H,4-5,8H2,1-3H3,(H,23,27). The molecule has 0 atom stereocenters. The van der Waals surface area contributed by atoms with Crippen LogP contribution in [0.15, 0.2) is 30.5 Å². The quantitative estimate of drug-likeness (QED) is 0.588. The van der Waals surface area contributed by atoms with E-state index in [1.54, 1.807) is 12.3 Å². The summed E-state index contributed by atoms with van der Waals surface area (Å²) in [5.74, 6) is -0.117. The molecule has 1 aromatic carbocycles. The van der Waals surface area contributed by atoms with Crippen LogP contribution in [-0.4, -0.2) is 27.2 Å². The van der Waals surface area contributed by atoms with Crippen molar-refractivity contribution in [2.75, 3.05) is 6.54 Å². The van der Waals surface area contributed by atoms with Gasteiger partial charge in [0.15, 0.2) is 5.65 Å². The molecule has 3 aromatic rings. The number of benzene rings is 1. The summed E-state index contributed by atoms with van der Waals surface area (Å²) < 4.78 is 1.86. The molecule has 1 amide bonds. The highest BCUT2D eigenvalue weighted by Crippen LogP contribution is 2.23. The van der Waals surface area contributed by atoms with Crippen molar-refractivity contribution in [2.45, 2.75) is 39.7 Å². The number of hydrogen-bond donors (Lipinski definition) is 1. The van der Waals surface area contributed by atoms with Gasteiger partial charge in [-0.3, -0.25) is 4.79 Å². The van der Waals surface area contributed by atoms with Gasteiger partial charge in [-0.2, -0.15) is 5.10 Å². The highest BCUT2D eigenvalue weighted by Gasteiger charge is 2.15. The van der Waals surface area contributed by atoms with Crippen molar-refractivity contribution in [3.8, 4) is 0 Å². The number of nitrogens with one attached hydrogen (secondary N) is 1. The normalized spacial score (nSPS) is 11.3. The SMILES string of the molecule is Cc1nc2c(cnn2C(C)C)cc1C(=O)NCCCc1ccc(Cl)c(Cl)c1. The number of carbonyl (C=O) groups excluding carboxylic acids is 1. The zero-order valence-corrected chi connectivity index (χ0v) is 17.1. The second-order valence-electron chi connectivity index (χ2n) is 6.82. The molecule has 0 saturated heterocycles. The number of aryl methyl sites for hydroxylation is 2. The third kappa shape index (κ3) is 4.42. The van der Waals surface area contributed by atoms with Crippen molar-refractivity contribution in [3.05, 3.63) is 57.3 Å². The van der Waals surface area contributed by atoms with Gasteiger partial charge in [0.1, 0.15) is 0 Å². The van der Waals surface area contributed by atoms with Crippen LogP contribution in [0.25, 0.3) is 11.0 Å². The van der Waals surface area contributed by atoms with Gasteiger partial charge < -0.3 is 5.32 Å². The predicted molar refractivity (Wildman–Crippen MR) is 110 cm³/mol. The topological polar surface area (TPSA) is 59.8 Å². The average Bonchev–Trinajstić information content (AvgIpc) is 3.03. The number of pyridine rings is 1. The first-order valence-electron chi connectivity index (χ1n) is 8.94. The summed E-state index contributed by atoms with van der Waals surface area (Å²) in [4.78, 5) is 17.1. The Balaban J connectivity index is 1.62. The summed E-state index contributed by atoms with van der Waals surface area (Å²) in [5, 5.41) is 9.30. The Labute approximate surface area is 168 Å². The third-order valence-corrected chi connectivity index (χ3v) is 5.14. The van der Waals surface area contributed by atoms with Gasteiger partial charge in [0, 0.05) is 18.0 Å². The number of halogens is 2. The molecule has 0 spiro atoms. The Bertz CT molecular complexity index is 982. The van der Waals surface area contributed by atoms with Gasteiger partial charge in [0.2, 0.25) is 0 Å². The molecule has 5 nitrogen and oxygen atoms in total. The first-order chi connectivity index (χ1) is 12.9. The van der Waals surface area contributed by atoms with E-state index in [-0.39, 0.29) is 11.9 Å². The van der Waals surface area contributed by atoms with Crippen LogP contribution < -0.4 is 5.32 Å². The molecule has 0 bridgehead atoms. The molecule has 0 unspecified atom stereocenters. The van der Waals surface area contributed by atoms with E-state index in [0.29, 0.717) is 27.8 Å². The molecule has 27 heavy (non-hydrogen) atoms. The fraction of sp³-hybridized carbons (Fsp3) is 0.350. The smallest absolute Gasteiger partial charge is 0.253 e. The number of carbonyl (C=O) groups is 1. The fourth-order valence-corrected chi connectivity index (χ4v) is 3.28. The lowest BCUT2D eigenvalue weighted by molar-refractivity contribution is 0.0952. The van der Waals surface area contributed by atoms with Crippen molar-refractivity contribution in [3.63, 3.8) is 0 Å². The number of nitrogens with zero attached hydrogens (tertiary/aromatic N) is 3. The van der Waals surface area contributed by atoms with Crippen LogP contribution in [0.4, 0.5) is 0 Å². The molecular formula is C20H22Cl2N4O. The number of fused-ring (bicyclic) bond motifs is 1. The molecule has 0 saturated carbocycles. The zero-order chi connectivity index (χ0) is 19.6. The molecule has 2 heterocycles. The Kier molecular flexibility index (Phi) is 6.02. The van der Waals surface area contributed by atoms with Crippen molar-refractivity contribution >= 4 is 40.1 Å². The molecule has 7 heteroatoms. The summed E-state index contributed by atoms with van der Waals surface area (Å²) >= 11 is 12.0. The van der Waals surface area contributed by atoms with Crippen LogP contribution in [-0.2, 0) is 6.42 Å². The summed E-state index contributed by atoms with van der Waals surface area (Å²) in [6.07, 6.45) is 3.38. The summed E-state index contributed by atoms with van der Waals surface area (Å²) in [5.41, 5.74) is 3.19. The molecular weight excluding hydrogens is 383 g/mol. The van der Waals surface area contributed by atoms with Crippen LogP contribution in [0.3, 0.4) is 0 Å². The molecule has 3 rings (SSSR count). The second-order valence-corrected chi connectivity index (χ2v) is 7.64. The average molecular weight is 405 g/mol. The third-order valence-electron chi connectivity index (χ3n) is 4.41. The second kappa shape index (κ2) is 8.28. The highest BCUT2D eigenvalue weighted by molar-refractivity contribution is 6.42. The van der Waals surface area contributed by atoms with Crippen LogP contribution in [0.5, 0.6) is 0 Å². The van der Waals surface area contributed by atoms with Crippen LogP contribution in [0.2, 0.25) is 10.0 Å². The maximum atomic E-state index is 12.5. The maximum absolute atomic E-state index is 12.5. The van der Waals surface area contributed by atoms with Gasteiger partial charge in [0.05, 0.1) is 27.5 Å². The number of hydrogen-bond acceptors (Lipinski definition) is 3. The van der Waals surface area contributed by atoms with Crippen LogP contribution in [0, 0.1) is 6.92 Å². The Morgan fingerprint density at radius 3 is 2.70 bits per heavy atom. The Hall–Kier alpha value is -2.11. The van der Waals surface area contributed by atoms with Crippen LogP contribution in [0.1, 0.15) is 47.9 Å². The summed E-state index contributed by atoms with van der Waals surface area (Å²) in [6.45, 7) is 6.53. The predicted octanol–water partition coefficient (Wildman–Crippen LogP) is 4.99. The van der Waals surface area contributed by atoms with Crippen molar-refractivity contribution < 1.29 is 4.79 Å². The Morgan fingerprint density at radius 1 is 1.22 bits per heavy atom. The van der Waals surface area contributed by atoms with Crippen molar-refractivity contribution in [1.29, 1.82) is 0 Å². The van der Waals surface area contributed by atoms with E-state index in [9.17, 15) is 4.79 Å². The molecule has 1 N–H and O–H groups in total. The van der Waals surface area contributed by atoms with Gasteiger partial charge >= 0.3 is 0 Å². The lowest BCUT2D eigenvalue weighted by atomic mass is 10.1. The molecule has 0 aliphatic carbocycles. The number of rotatable bonds is 6. The molecule has 0 fully saturated rings. The lowest BCUT2D eigenvalue weighted by Crippen LogP contribution is -2.25. The van der Waals surface area contributed by atoms with E-state index in [1.807, 2.05) is 29.8 Å². The Morgan fingerprint density at radius 2 is 2.00 bits per heavy atom. The first-order valence-corrected chi connectivity index (χ1v) is 9.69. The van der Waals surface area contributed by atoms with Crippen molar-refractivity contribution in [1.82, 2.24) is 20.1 Å². The van der Waals surface area contributed by atoms with E-state index in [1.165, 1.54) is 0 Å². The van der Waals surface area contributed by atoms with E-state index < -0.39 is 0 Å². The van der Waals surface area contributed by atoms with E-state index >= 15 is 0 Å². The summed E-state index contributed by atoms with van der Waals surface area (Å²) in [6, 6.07) is 7.68. The van der Waals surface area contributed by atoms with E-state index in [0.717, 1.165) is 29.4 Å². The molecule has 2 aromatic heterocycles. The van der Waals surface area contributed by atoms with Crippen molar-refractivity contribution in [2.24, 2.45) is 0 Å². The van der Waals surface area contributed by atoms with Gasteiger partial charge in [-0.15, -0.1) is 0 Å². The molecule has 0 radical (unpaired) electrons. The number of aromatic nitrogens is 3. The summed E-state index contributed by atoms with van der Waals surface area (Å²) in [7, 11) is 0. The monoisotopic (exact) mass is 404 g/mol. The van der Waals surface area contributed by atoms with Gasteiger partial charge in [-0.05, 0) is 57.4 Å². The zero-order valence-electron chi connectivity index (χ0n) is 15.6. The molecule has 142 valence electrons. The largest absolute Gasteiger partial charge is 0.352 e. The van der Waals surface area contributed by atoms with Gasteiger partial charge in [-0.1, -0.05) is 29.3 Å². The minimum absolute atomic E-state index is 0.117. The minimum atomic E-state index is -0.117. The minimum Gasteiger partial charge on any atom is -0.352 e. The maximum Gasteiger partial charge on any atom is 0.253 e.